The fourth-order valence-electron chi connectivity index (χ4n) is 7.12. The summed E-state index contributed by atoms with van der Waals surface area (Å²) in [6, 6.07) is 0. The van der Waals surface area contributed by atoms with E-state index in [-0.39, 0.29) is 31.1 Å². The van der Waals surface area contributed by atoms with Gasteiger partial charge in [0, 0.05) is 19.3 Å². The quantitative estimate of drug-likeness (QED) is 0.0263. The van der Waals surface area contributed by atoms with Crippen molar-refractivity contribution in [2.45, 2.75) is 264 Å². The van der Waals surface area contributed by atoms with Crippen LogP contribution < -0.4 is 0 Å². The molecule has 0 aromatic carbocycles. The van der Waals surface area contributed by atoms with Crippen LogP contribution in [0.5, 0.6) is 0 Å². The van der Waals surface area contributed by atoms with Crippen LogP contribution in [0.2, 0.25) is 0 Å². The van der Waals surface area contributed by atoms with E-state index in [0.717, 1.165) is 96.3 Å². The standard InChI is InChI=1S/C54H96O6/c1-4-7-10-13-16-19-22-24-26-27-28-29-31-32-35-38-41-44-47-53(56)59-50-51(49-58-52(55)46-43-40-37-34-21-18-15-12-9-6-3)60-54(57)48-45-42-39-36-33-30-25-23-20-17-14-11-8-5-2/h12,15,19,22-23,25-27,51H,4-11,13-14,16-18,20-21,24,28-50H2,1-3H3/b15-12-,22-19-,25-23-,27-26-. The lowest BCUT2D eigenvalue weighted by molar-refractivity contribution is -0.167. The van der Waals surface area contributed by atoms with Gasteiger partial charge in [-0.25, -0.2) is 0 Å². The number of esters is 3. The maximum atomic E-state index is 12.8. The molecule has 1 unspecified atom stereocenters. The lowest BCUT2D eigenvalue weighted by Crippen LogP contribution is -2.30. The molecule has 0 aliphatic rings. The Morgan fingerprint density at radius 1 is 0.333 bits per heavy atom. The van der Waals surface area contributed by atoms with Crippen LogP contribution in [0, 0.1) is 0 Å². The summed E-state index contributed by atoms with van der Waals surface area (Å²) in [5, 5.41) is 0. The Morgan fingerprint density at radius 2 is 0.633 bits per heavy atom. The maximum Gasteiger partial charge on any atom is 0.306 e. The molecule has 0 fully saturated rings. The molecule has 0 heterocycles. The molecule has 0 N–H and O–H groups in total. The van der Waals surface area contributed by atoms with Crippen LogP contribution in [-0.2, 0) is 28.6 Å². The molecule has 0 saturated heterocycles. The highest BCUT2D eigenvalue weighted by molar-refractivity contribution is 5.71. The molecule has 0 rings (SSSR count). The van der Waals surface area contributed by atoms with Gasteiger partial charge in [-0.15, -0.1) is 0 Å². The molecule has 0 aliphatic carbocycles. The predicted octanol–water partition coefficient (Wildman–Crippen LogP) is 16.7. The zero-order valence-electron chi connectivity index (χ0n) is 39.7. The number of hydrogen-bond donors (Lipinski definition) is 0. The van der Waals surface area contributed by atoms with Crippen LogP contribution >= 0.6 is 0 Å². The van der Waals surface area contributed by atoms with E-state index in [2.05, 4.69) is 69.4 Å². The van der Waals surface area contributed by atoms with Gasteiger partial charge >= 0.3 is 17.9 Å². The Morgan fingerprint density at radius 3 is 1.02 bits per heavy atom. The summed E-state index contributed by atoms with van der Waals surface area (Å²) in [4.78, 5) is 37.9. The van der Waals surface area contributed by atoms with Gasteiger partial charge in [-0.2, -0.15) is 0 Å². The van der Waals surface area contributed by atoms with E-state index in [1.54, 1.807) is 0 Å². The molecule has 0 aliphatic heterocycles. The summed E-state index contributed by atoms with van der Waals surface area (Å²) in [6.45, 7) is 6.54. The Balaban J connectivity index is 4.35. The molecule has 0 aromatic heterocycles. The summed E-state index contributed by atoms with van der Waals surface area (Å²) in [5.41, 5.74) is 0. The van der Waals surface area contributed by atoms with Gasteiger partial charge in [0.1, 0.15) is 13.2 Å². The number of unbranched alkanes of at least 4 members (excludes halogenated alkanes) is 27. The second-order valence-corrected chi connectivity index (χ2v) is 17.1. The molecule has 0 spiro atoms. The molecule has 1 atom stereocenters. The zero-order valence-corrected chi connectivity index (χ0v) is 39.7. The van der Waals surface area contributed by atoms with E-state index >= 15 is 0 Å². The molecular formula is C54H96O6. The van der Waals surface area contributed by atoms with Crippen molar-refractivity contribution in [3.63, 3.8) is 0 Å². The van der Waals surface area contributed by atoms with Crippen molar-refractivity contribution in [2.24, 2.45) is 0 Å². The van der Waals surface area contributed by atoms with Crippen molar-refractivity contribution >= 4 is 17.9 Å². The van der Waals surface area contributed by atoms with E-state index in [0.29, 0.717) is 19.3 Å². The first-order valence-corrected chi connectivity index (χ1v) is 25.6. The lowest BCUT2D eigenvalue weighted by Gasteiger charge is -2.18. The first kappa shape index (κ1) is 57.4. The Bertz CT molecular complexity index is 1060. The van der Waals surface area contributed by atoms with Crippen molar-refractivity contribution in [1.29, 1.82) is 0 Å². The number of rotatable bonds is 46. The average Bonchev–Trinajstić information content (AvgIpc) is 3.24. The zero-order chi connectivity index (χ0) is 43.7. The van der Waals surface area contributed by atoms with Crippen molar-refractivity contribution in [3.8, 4) is 0 Å². The van der Waals surface area contributed by atoms with E-state index in [9.17, 15) is 14.4 Å². The lowest BCUT2D eigenvalue weighted by atomic mass is 10.1. The predicted molar refractivity (Wildman–Crippen MR) is 256 cm³/mol. The molecule has 0 saturated carbocycles. The van der Waals surface area contributed by atoms with E-state index < -0.39 is 6.10 Å². The Hall–Kier alpha value is -2.63. The third kappa shape index (κ3) is 46.4. The largest absolute Gasteiger partial charge is 0.462 e. The summed E-state index contributed by atoms with van der Waals surface area (Å²) in [7, 11) is 0. The highest BCUT2D eigenvalue weighted by Gasteiger charge is 2.19. The first-order chi connectivity index (χ1) is 29.5. The molecule has 0 aromatic rings. The molecule has 6 heteroatoms. The number of carbonyl (C=O) groups is 3. The molecule has 348 valence electrons. The minimum atomic E-state index is -0.781. The molecule has 60 heavy (non-hydrogen) atoms. The van der Waals surface area contributed by atoms with Crippen molar-refractivity contribution in [1.82, 2.24) is 0 Å². The van der Waals surface area contributed by atoms with E-state index in [1.165, 1.54) is 122 Å². The van der Waals surface area contributed by atoms with Gasteiger partial charge in [-0.3, -0.25) is 14.4 Å². The van der Waals surface area contributed by atoms with Gasteiger partial charge in [0.2, 0.25) is 0 Å². The van der Waals surface area contributed by atoms with E-state index in [1.807, 2.05) is 0 Å². The van der Waals surface area contributed by atoms with Crippen molar-refractivity contribution in [2.75, 3.05) is 13.2 Å². The fourth-order valence-corrected chi connectivity index (χ4v) is 7.12. The van der Waals surface area contributed by atoms with Crippen LogP contribution in [0.4, 0.5) is 0 Å². The van der Waals surface area contributed by atoms with Crippen molar-refractivity contribution in [3.05, 3.63) is 48.6 Å². The maximum absolute atomic E-state index is 12.8. The van der Waals surface area contributed by atoms with Gasteiger partial charge in [0.05, 0.1) is 0 Å². The number of ether oxygens (including phenoxy) is 3. The number of allylic oxidation sites excluding steroid dienone is 8. The molecule has 6 nitrogen and oxygen atoms in total. The van der Waals surface area contributed by atoms with Gasteiger partial charge in [0.25, 0.3) is 0 Å². The van der Waals surface area contributed by atoms with Gasteiger partial charge in [0.15, 0.2) is 6.10 Å². The monoisotopic (exact) mass is 841 g/mol. The van der Waals surface area contributed by atoms with Crippen molar-refractivity contribution < 1.29 is 28.6 Å². The summed E-state index contributed by atoms with van der Waals surface area (Å²) >= 11 is 0. The second kappa shape index (κ2) is 49.0. The third-order valence-electron chi connectivity index (χ3n) is 11.0. The third-order valence-corrected chi connectivity index (χ3v) is 11.0. The summed E-state index contributed by atoms with van der Waals surface area (Å²) in [5.74, 6) is -0.905. The Labute approximate surface area is 371 Å². The topological polar surface area (TPSA) is 78.9 Å². The van der Waals surface area contributed by atoms with Crippen LogP contribution in [0.25, 0.3) is 0 Å². The van der Waals surface area contributed by atoms with Crippen LogP contribution in [0.1, 0.15) is 258 Å². The first-order valence-electron chi connectivity index (χ1n) is 25.6. The molecule has 0 bridgehead atoms. The number of carbonyl (C=O) groups excluding carboxylic acids is 3. The summed E-state index contributed by atoms with van der Waals surface area (Å²) < 4.78 is 16.8. The summed E-state index contributed by atoms with van der Waals surface area (Å²) in [6.07, 6.45) is 58.1. The average molecular weight is 841 g/mol. The number of hydrogen-bond acceptors (Lipinski definition) is 6. The van der Waals surface area contributed by atoms with Crippen LogP contribution in [0.15, 0.2) is 48.6 Å². The highest BCUT2D eigenvalue weighted by Crippen LogP contribution is 2.14. The van der Waals surface area contributed by atoms with Gasteiger partial charge in [-0.05, 0) is 96.3 Å². The molecule has 0 amide bonds. The highest BCUT2D eigenvalue weighted by atomic mass is 16.6. The smallest absolute Gasteiger partial charge is 0.306 e. The molecular weight excluding hydrogens is 745 g/mol. The molecule has 0 radical (unpaired) electrons. The van der Waals surface area contributed by atoms with Gasteiger partial charge < -0.3 is 14.2 Å². The minimum absolute atomic E-state index is 0.0827. The normalized spacial score (nSPS) is 12.4. The SMILES string of the molecule is CCC/C=C\CCCCCCCC(=O)OCC(COC(=O)CCCCCCCCC/C=C\C/C=C\CCCCCC)OC(=O)CCCCCCC/C=C\CCCCCCC. The van der Waals surface area contributed by atoms with Gasteiger partial charge in [-0.1, -0.05) is 191 Å². The van der Waals surface area contributed by atoms with Crippen LogP contribution in [-0.4, -0.2) is 37.2 Å². The second-order valence-electron chi connectivity index (χ2n) is 17.1. The Kier molecular flexibility index (Phi) is 46.9. The minimum Gasteiger partial charge on any atom is -0.462 e. The fraction of sp³-hybridized carbons (Fsp3) is 0.796. The van der Waals surface area contributed by atoms with Crippen LogP contribution in [0.3, 0.4) is 0 Å². The van der Waals surface area contributed by atoms with E-state index in [4.69, 9.17) is 14.2 Å².